The number of aryl methyl sites for hydroxylation is 2. The fourth-order valence-corrected chi connectivity index (χ4v) is 6.47. The zero-order chi connectivity index (χ0) is 25.3. The molecule has 2 aliphatic rings. The molecule has 2 amide bonds. The molecule has 35 heavy (non-hydrogen) atoms. The lowest BCUT2D eigenvalue weighted by Gasteiger charge is -2.28. The van der Waals surface area contributed by atoms with E-state index >= 15 is 0 Å². The number of nitrogens with one attached hydrogen (secondary N) is 2. The summed E-state index contributed by atoms with van der Waals surface area (Å²) in [5.41, 5.74) is 4.69. The Morgan fingerprint density at radius 2 is 1.74 bits per heavy atom. The van der Waals surface area contributed by atoms with Gasteiger partial charge < -0.3 is 10.2 Å². The molecular weight excluding hydrogens is 462 g/mol. The Kier molecular flexibility index (Phi) is 7.33. The molecule has 188 valence electrons. The maximum Gasteiger partial charge on any atom is 0.240 e. The Hall–Kier alpha value is -2.71. The summed E-state index contributed by atoms with van der Waals surface area (Å²) in [5, 5.41) is 3.07. The summed E-state index contributed by atoms with van der Waals surface area (Å²) in [6, 6.07) is 11.0. The predicted octanol–water partition coefficient (Wildman–Crippen LogP) is 4.32. The molecule has 0 aromatic heterocycles. The van der Waals surface area contributed by atoms with Gasteiger partial charge in [-0.05, 0) is 99.7 Å². The second-order valence-corrected chi connectivity index (χ2v) is 11.9. The first-order chi connectivity index (χ1) is 16.5. The molecule has 4 rings (SSSR count). The predicted molar refractivity (Wildman–Crippen MR) is 138 cm³/mol. The van der Waals surface area contributed by atoms with Crippen molar-refractivity contribution in [1.29, 1.82) is 0 Å². The van der Waals surface area contributed by atoms with Crippen molar-refractivity contribution in [3.63, 3.8) is 0 Å². The minimum atomic E-state index is -3.65. The van der Waals surface area contributed by atoms with Crippen LogP contribution in [-0.2, 0) is 26.0 Å². The number of rotatable bonds is 6. The van der Waals surface area contributed by atoms with Crippen LogP contribution < -0.4 is 14.9 Å². The van der Waals surface area contributed by atoms with Crippen molar-refractivity contribution in [2.24, 2.45) is 11.8 Å². The lowest BCUT2D eigenvalue weighted by molar-refractivity contribution is -0.121. The molecule has 1 heterocycles. The molecule has 8 heteroatoms. The summed E-state index contributed by atoms with van der Waals surface area (Å²) in [4.78, 5) is 26.7. The van der Waals surface area contributed by atoms with E-state index in [1.165, 1.54) is 6.92 Å². The van der Waals surface area contributed by atoms with Gasteiger partial charge in [0.2, 0.25) is 21.8 Å². The number of nitrogens with zero attached hydrogens (tertiary/aromatic N) is 1. The molecule has 1 saturated carbocycles. The van der Waals surface area contributed by atoms with E-state index in [1.807, 2.05) is 39.0 Å². The van der Waals surface area contributed by atoms with Crippen LogP contribution in [0.15, 0.2) is 41.3 Å². The van der Waals surface area contributed by atoms with Crippen LogP contribution in [0.4, 0.5) is 11.4 Å². The van der Waals surface area contributed by atoms with Gasteiger partial charge in [-0.2, -0.15) is 0 Å². The van der Waals surface area contributed by atoms with E-state index in [-0.39, 0.29) is 34.6 Å². The average Bonchev–Trinajstić information content (AvgIpc) is 3.15. The van der Waals surface area contributed by atoms with Crippen LogP contribution in [0.2, 0.25) is 0 Å². The quantitative estimate of drug-likeness (QED) is 0.621. The van der Waals surface area contributed by atoms with E-state index in [4.69, 9.17) is 0 Å². The number of anilines is 2. The third kappa shape index (κ3) is 5.59. The third-order valence-corrected chi connectivity index (χ3v) is 8.77. The van der Waals surface area contributed by atoms with Crippen LogP contribution in [0, 0.1) is 25.7 Å². The zero-order valence-electron chi connectivity index (χ0n) is 20.9. The summed E-state index contributed by atoms with van der Waals surface area (Å²) in [6.07, 6.45) is 3.76. The van der Waals surface area contributed by atoms with Gasteiger partial charge >= 0.3 is 0 Å². The van der Waals surface area contributed by atoms with E-state index in [2.05, 4.69) is 10.0 Å². The molecule has 1 aliphatic carbocycles. The van der Waals surface area contributed by atoms with Gasteiger partial charge in [-0.3, -0.25) is 9.59 Å². The van der Waals surface area contributed by atoms with Gasteiger partial charge in [0.25, 0.3) is 0 Å². The summed E-state index contributed by atoms with van der Waals surface area (Å²) < 4.78 is 28.7. The minimum absolute atomic E-state index is 0.0237. The van der Waals surface area contributed by atoms with Crippen molar-refractivity contribution in [2.75, 3.05) is 16.8 Å². The lowest BCUT2D eigenvalue weighted by atomic mass is 9.81. The highest BCUT2D eigenvalue weighted by molar-refractivity contribution is 7.89. The molecule has 0 spiro atoms. The maximum absolute atomic E-state index is 13.0. The first kappa shape index (κ1) is 25.4. The number of carbonyl (C=O) groups is 2. The van der Waals surface area contributed by atoms with Crippen molar-refractivity contribution in [3.8, 4) is 0 Å². The van der Waals surface area contributed by atoms with Crippen LogP contribution in [-0.4, -0.2) is 32.8 Å². The monoisotopic (exact) mass is 497 g/mol. The lowest BCUT2D eigenvalue weighted by Crippen LogP contribution is -2.34. The van der Waals surface area contributed by atoms with Gasteiger partial charge in [0.05, 0.1) is 4.90 Å². The molecule has 0 radical (unpaired) electrons. The van der Waals surface area contributed by atoms with Gasteiger partial charge in [0, 0.05) is 36.8 Å². The third-order valence-electron chi connectivity index (χ3n) is 7.35. The molecule has 0 unspecified atom stereocenters. The number of sulfonamides is 1. The second kappa shape index (κ2) is 10.1. The smallest absolute Gasteiger partial charge is 0.240 e. The van der Waals surface area contributed by atoms with Crippen molar-refractivity contribution >= 4 is 33.2 Å². The molecule has 7 nitrogen and oxygen atoms in total. The van der Waals surface area contributed by atoms with Gasteiger partial charge in [-0.25, -0.2) is 13.1 Å². The first-order valence-corrected chi connectivity index (χ1v) is 13.8. The van der Waals surface area contributed by atoms with E-state index in [0.29, 0.717) is 13.0 Å². The normalized spacial score (nSPS) is 22.1. The Bertz CT molecular complexity index is 1230. The van der Waals surface area contributed by atoms with Crippen molar-refractivity contribution < 1.29 is 18.0 Å². The highest BCUT2D eigenvalue weighted by atomic mass is 32.2. The van der Waals surface area contributed by atoms with Crippen LogP contribution >= 0.6 is 0 Å². The zero-order valence-corrected chi connectivity index (χ0v) is 21.7. The van der Waals surface area contributed by atoms with Crippen molar-refractivity contribution in [1.82, 2.24) is 4.72 Å². The second-order valence-electron chi connectivity index (χ2n) is 10.1. The molecule has 2 aromatic carbocycles. The summed E-state index contributed by atoms with van der Waals surface area (Å²) in [7, 11) is -3.65. The number of fused-ring (bicyclic) bond motifs is 1. The molecule has 1 atom stereocenters. The molecule has 2 N–H and O–H groups in total. The van der Waals surface area contributed by atoms with Gasteiger partial charge in [0.1, 0.15) is 0 Å². The van der Waals surface area contributed by atoms with Gasteiger partial charge in [-0.1, -0.05) is 12.1 Å². The standard InChI is InChI=1S/C27H35N3O4S/c1-17-5-6-18(2)25(13-17)29-27(32)22-9-7-21(8-10-22)16-28-35(33,34)24-11-12-26-23(15-24)14-19(3)30(26)20(4)31/h5-6,11-13,15,19,21-22,28H,7-10,14,16H2,1-4H3,(H,29,32)/t19-,21?,22?/m0/s1. The summed E-state index contributed by atoms with van der Waals surface area (Å²) in [5.74, 6) is 0.163. The van der Waals surface area contributed by atoms with E-state index in [9.17, 15) is 18.0 Å². The van der Waals surface area contributed by atoms with Gasteiger partial charge in [0.15, 0.2) is 0 Å². The SMILES string of the molecule is CC(=O)N1c2ccc(S(=O)(=O)NCC3CCC(C(=O)Nc4cc(C)ccc4C)CC3)cc2C[C@@H]1C. The molecule has 1 fully saturated rings. The highest BCUT2D eigenvalue weighted by Gasteiger charge is 2.31. The number of carbonyl (C=O) groups excluding carboxylic acids is 2. The molecule has 1 aliphatic heterocycles. The fraction of sp³-hybridized carbons (Fsp3) is 0.481. The molecule has 0 saturated heterocycles. The maximum atomic E-state index is 13.0. The van der Waals surface area contributed by atoms with Gasteiger partial charge in [-0.15, -0.1) is 0 Å². The van der Waals surface area contributed by atoms with Crippen LogP contribution in [0.3, 0.4) is 0 Å². The van der Waals surface area contributed by atoms with E-state index in [1.54, 1.807) is 23.1 Å². The van der Waals surface area contributed by atoms with E-state index in [0.717, 1.165) is 53.7 Å². The summed E-state index contributed by atoms with van der Waals surface area (Å²) >= 11 is 0. The number of amides is 2. The minimum Gasteiger partial charge on any atom is -0.326 e. The van der Waals surface area contributed by atoms with Crippen molar-refractivity contribution in [2.45, 2.75) is 70.7 Å². The molecule has 0 bridgehead atoms. The van der Waals surface area contributed by atoms with E-state index < -0.39 is 10.0 Å². The number of hydrogen-bond donors (Lipinski definition) is 2. The molecular formula is C27H35N3O4S. The number of benzene rings is 2. The van der Waals surface area contributed by atoms with Crippen LogP contribution in [0.1, 0.15) is 56.2 Å². The topological polar surface area (TPSA) is 95.6 Å². The van der Waals surface area contributed by atoms with Crippen LogP contribution in [0.5, 0.6) is 0 Å². The van der Waals surface area contributed by atoms with Crippen LogP contribution in [0.25, 0.3) is 0 Å². The first-order valence-electron chi connectivity index (χ1n) is 12.4. The Balaban J connectivity index is 1.31. The Morgan fingerprint density at radius 1 is 1.03 bits per heavy atom. The average molecular weight is 498 g/mol. The fourth-order valence-electron chi connectivity index (χ4n) is 5.30. The molecule has 2 aromatic rings. The number of hydrogen-bond acceptors (Lipinski definition) is 4. The van der Waals surface area contributed by atoms with Crippen molar-refractivity contribution in [3.05, 3.63) is 53.1 Å². The Labute approximate surface area is 208 Å². The Morgan fingerprint density at radius 3 is 2.43 bits per heavy atom. The highest BCUT2D eigenvalue weighted by Crippen LogP contribution is 2.34. The largest absolute Gasteiger partial charge is 0.326 e. The summed E-state index contributed by atoms with van der Waals surface area (Å²) in [6.45, 7) is 7.84.